The zero-order chi connectivity index (χ0) is 13.2. The van der Waals surface area contributed by atoms with Gasteiger partial charge >= 0.3 is 0 Å². The van der Waals surface area contributed by atoms with Crippen molar-refractivity contribution in [2.75, 3.05) is 0 Å². The molecule has 1 atom stereocenters. The van der Waals surface area contributed by atoms with Crippen molar-refractivity contribution in [1.82, 2.24) is 15.5 Å². The molecule has 2 heterocycles. The Morgan fingerprint density at radius 2 is 2.26 bits per heavy atom. The molecular weight excluding hydrogens is 246 g/mol. The standard InChI is InChI=1S/C13H13N3O3/c1-8-15-16-12(18-8)7-14-13(17)11-6-9-4-2-3-5-10(9)19-11/h2-5,11H,6-7H2,1H3,(H,14,17)/t11-/m1/s1. The molecule has 0 unspecified atom stereocenters. The zero-order valence-electron chi connectivity index (χ0n) is 10.4. The molecule has 19 heavy (non-hydrogen) atoms. The Kier molecular flexibility index (Phi) is 2.91. The van der Waals surface area contributed by atoms with Crippen molar-refractivity contribution in [1.29, 1.82) is 0 Å². The molecule has 0 radical (unpaired) electrons. The van der Waals surface area contributed by atoms with Crippen molar-refractivity contribution >= 4 is 5.91 Å². The first-order chi connectivity index (χ1) is 9.22. The molecule has 3 rings (SSSR count). The summed E-state index contributed by atoms with van der Waals surface area (Å²) < 4.78 is 10.8. The number of nitrogens with zero attached hydrogens (tertiary/aromatic N) is 2. The minimum atomic E-state index is -0.485. The molecule has 0 fully saturated rings. The molecule has 0 saturated heterocycles. The van der Waals surface area contributed by atoms with Gasteiger partial charge in [-0.3, -0.25) is 4.79 Å². The molecule has 1 aliphatic heterocycles. The van der Waals surface area contributed by atoms with E-state index in [9.17, 15) is 4.79 Å². The van der Waals surface area contributed by atoms with E-state index in [4.69, 9.17) is 9.15 Å². The molecule has 0 saturated carbocycles. The second kappa shape index (κ2) is 4.72. The monoisotopic (exact) mass is 259 g/mol. The van der Waals surface area contributed by atoms with Crippen LogP contribution >= 0.6 is 0 Å². The van der Waals surface area contributed by atoms with E-state index in [-0.39, 0.29) is 12.5 Å². The normalized spacial score (nSPS) is 16.8. The van der Waals surface area contributed by atoms with E-state index in [0.717, 1.165) is 11.3 Å². The number of benzene rings is 1. The van der Waals surface area contributed by atoms with Gasteiger partial charge in [0.1, 0.15) is 5.75 Å². The predicted molar refractivity (Wildman–Crippen MR) is 65.4 cm³/mol. The average Bonchev–Trinajstić information content (AvgIpc) is 3.01. The molecule has 6 nitrogen and oxygen atoms in total. The van der Waals surface area contributed by atoms with Crippen LogP contribution in [-0.2, 0) is 17.8 Å². The fourth-order valence-electron chi connectivity index (χ4n) is 2.01. The molecule has 2 aromatic rings. The number of fused-ring (bicyclic) bond motifs is 1. The maximum Gasteiger partial charge on any atom is 0.261 e. The van der Waals surface area contributed by atoms with E-state index in [0.29, 0.717) is 18.2 Å². The third-order valence-electron chi connectivity index (χ3n) is 2.92. The zero-order valence-corrected chi connectivity index (χ0v) is 10.4. The van der Waals surface area contributed by atoms with Gasteiger partial charge in [-0.15, -0.1) is 10.2 Å². The molecule has 1 amide bonds. The van der Waals surface area contributed by atoms with Gasteiger partial charge in [-0.1, -0.05) is 18.2 Å². The van der Waals surface area contributed by atoms with Gasteiger partial charge in [0.2, 0.25) is 11.8 Å². The highest BCUT2D eigenvalue weighted by Gasteiger charge is 2.28. The molecule has 1 N–H and O–H groups in total. The number of carbonyl (C=O) groups is 1. The molecule has 6 heteroatoms. The summed E-state index contributed by atoms with van der Waals surface area (Å²) in [7, 11) is 0. The average molecular weight is 259 g/mol. The fraction of sp³-hybridized carbons (Fsp3) is 0.308. The van der Waals surface area contributed by atoms with Crippen LogP contribution in [0.25, 0.3) is 0 Å². The van der Waals surface area contributed by atoms with Crippen LogP contribution in [0.15, 0.2) is 28.7 Å². The van der Waals surface area contributed by atoms with Crippen LogP contribution in [0.3, 0.4) is 0 Å². The lowest BCUT2D eigenvalue weighted by Crippen LogP contribution is -2.37. The number of aryl methyl sites for hydroxylation is 1. The van der Waals surface area contributed by atoms with E-state index in [1.165, 1.54) is 0 Å². The van der Waals surface area contributed by atoms with Crippen LogP contribution in [-0.4, -0.2) is 22.2 Å². The highest BCUT2D eigenvalue weighted by molar-refractivity contribution is 5.82. The van der Waals surface area contributed by atoms with Crippen molar-refractivity contribution in [3.05, 3.63) is 41.6 Å². The lowest BCUT2D eigenvalue weighted by molar-refractivity contribution is -0.127. The van der Waals surface area contributed by atoms with Gasteiger partial charge in [0.25, 0.3) is 5.91 Å². The number of ether oxygens (including phenoxy) is 1. The third kappa shape index (κ3) is 2.42. The van der Waals surface area contributed by atoms with E-state index in [1.807, 2.05) is 24.3 Å². The van der Waals surface area contributed by atoms with Gasteiger partial charge in [0.15, 0.2) is 6.10 Å². The summed E-state index contributed by atoms with van der Waals surface area (Å²) in [6.07, 6.45) is 0.103. The number of rotatable bonds is 3. The van der Waals surface area contributed by atoms with Gasteiger partial charge in [-0.2, -0.15) is 0 Å². The Labute approximate surface area is 109 Å². The molecule has 98 valence electrons. The van der Waals surface area contributed by atoms with E-state index in [2.05, 4.69) is 15.5 Å². The van der Waals surface area contributed by atoms with E-state index < -0.39 is 6.10 Å². The second-order valence-corrected chi connectivity index (χ2v) is 4.35. The summed E-state index contributed by atoms with van der Waals surface area (Å²) in [6, 6.07) is 7.65. The summed E-state index contributed by atoms with van der Waals surface area (Å²) in [5.41, 5.74) is 1.05. The Bertz CT molecular complexity index is 584. The summed E-state index contributed by atoms with van der Waals surface area (Å²) in [5, 5.41) is 10.2. The van der Waals surface area contributed by atoms with Crippen LogP contribution in [0.5, 0.6) is 5.75 Å². The number of hydrogen-bond donors (Lipinski definition) is 1. The topological polar surface area (TPSA) is 77.2 Å². The largest absolute Gasteiger partial charge is 0.480 e. The number of nitrogens with one attached hydrogen (secondary N) is 1. The first kappa shape index (κ1) is 11.7. The molecule has 0 bridgehead atoms. The Balaban J connectivity index is 1.58. The lowest BCUT2D eigenvalue weighted by atomic mass is 10.1. The SMILES string of the molecule is Cc1nnc(CNC(=O)[C@H]2Cc3ccccc3O2)o1. The maximum atomic E-state index is 12.0. The van der Waals surface area contributed by atoms with E-state index in [1.54, 1.807) is 6.92 Å². The fourth-order valence-corrected chi connectivity index (χ4v) is 2.01. The molecular formula is C13H13N3O3. The lowest BCUT2D eigenvalue weighted by Gasteiger charge is -2.09. The van der Waals surface area contributed by atoms with Gasteiger partial charge < -0.3 is 14.5 Å². The summed E-state index contributed by atoms with van der Waals surface area (Å²) in [4.78, 5) is 12.0. The maximum absolute atomic E-state index is 12.0. The molecule has 0 spiro atoms. The van der Waals surface area contributed by atoms with Gasteiger partial charge in [0.05, 0.1) is 6.54 Å². The highest BCUT2D eigenvalue weighted by atomic mass is 16.5. The Morgan fingerprint density at radius 1 is 1.42 bits per heavy atom. The quantitative estimate of drug-likeness (QED) is 0.889. The van der Waals surface area contributed by atoms with Gasteiger partial charge in [0, 0.05) is 13.3 Å². The van der Waals surface area contributed by atoms with Gasteiger partial charge in [-0.05, 0) is 11.6 Å². The van der Waals surface area contributed by atoms with Gasteiger partial charge in [-0.25, -0.2) is 0 Å². The van der Waals surface area contributed by atoms with Crippen molar-refractivity contribution in [3.8, 4) is 5.75 Å². The predicted octanol–water partition coefficient (Wildman–Crippen LogP) is 0.998. The molecule has 1 aromatic heterocycles. The Hall–Kier alpha value is -2.37. The van der Waals surface area contributed by atoms with Crippen molar-refractivity contribution in [2.45, 2.75) is 26.0 Å². The van der Waals surface area contributed by atoms with Crippen LogP contribution in [0.4, 0.5) is 0 Å². The summed E-state index contributed by atoms with van der Waals surface area (Å²) in [6.45, 7) is 1.92. The molecule has 1 aliphatic rings. The molecule has 0 aliphatic carbocycles. The van der Waals surface area contributed by atoms with Crippen molar-refractivity contribution < 1.29 is 13.9 Å². The Morgan fingerprint density at radius 3 is 3.00 bits per heavy atom. The van der Waals surface area contributed by atoms with E-state index >= 15 is 0 Å². The van der Waals surface area contributed by atoms with Crippen molar-refractivity contribution in [3.63, 3.8) is 0 Å². The number of amides is 1. The number of para-hydroxylation sites is 1. The summed E-state index contributed by atoms with van der Waals surface area (Å²) in [5.74, 6) is 1.47. The second-order valence-electron chi connectivity index (χ2n) is 4.35. The minimum absolute atomic E-state index is 0.174. The van der Waals surface area contributed by atoms with Crippen LogP contribution < -0.4 is 10.1 Å². The summed E-state index contributed by atoms with van der Waals surface area (Å²) >= 11 is 0. The van der Waals surface area contributed by atoms with Crippen molar-refractivity contribution in [2.24, 2.45) is 0 Å². The highest BCUT2D eigenvalue weighted by Crippen LogP contribution is 2.28. The molecule has 1 aromatic carbocycles. The first-order valence-corrected chi connectivity index (χ1v) is 6.03. The van der Waals surface area contributed by atoms with Crippen LogP contribution in [0, 0.1) is 6.92 Å². The smallest absolute Gasteiger partial charge is 0.261 e. The number of hydrogen-bond acceptors (Lipinski definition) is 5. The number of aromatic nitrogens is 2. The first-order valence-electron chi connectivity index (χ1n) is 6.03. The minimum Gasteiger partial charge on any atom is -0.480 e. The third-order valence-corrected chi connectivity index (χ3v) is 2.92. The van der Waals surface area contributed by atoms with Crippen LogP contribution in [0.2, 0.25) is 0 Å². The number of carbonyl (C=O) groups excluding carboxylic acids is 1. The van der Waals surface area contributed by atoms with Crippen LogP contribution in [0.1, 0.15) is 17.3 Å².